The van der Waals surface area contributed by atoms with Gasteiger partial charge in [-0.15, -0.1) is 10.2 Å². The molecule has 152 valence electrons. The van der Waals surface area contributed by atoms with Gasteiger partial charge in [-0.3, -0.25) is 4.79 Å². The Morgan fingerprint density at radius 1 is 1.07 bits per heavy atom. The van der Waals surface area contributed by atoms with E-state index in [0.717, 1.165) is 16.7 Å². The van der Waals surface area contributed by atoms with Gasteiger partial charge in [-0.1, -0.05) is 29.8 Å². The molecule has 0 N–H and O–H groups in total. The lowest BCUT2D eigenvalue weighted by molar-refractivity contribution is -0.130. The van der Waals surface area contributed by atoms with Crippen LogP contribution in [0, 0.1) is 6.92 Å². The van der Waals surface area contributed by atoms with Gasteiger partial charge in [-0.2, -0.15) is 0 Å². The minimum atomic E-state index is -0.0232. The van der Waals surface area contributed by atoms with E-state index in [1.807, 2.05) is 49.4 Å². The molecule has 0 aliphatic carbocycles. The minimum absolute atomic E-state index is 0.0232. The van der Waals surface area contributed by atoms with Crippen molar-refractivity contribution in [1.82, 2.24) is 15.1 Å². The number of carbonyl (C=O) groups is 1. The zero-order chi connectivity index (χ0) is 20.8. The van der Waals surface area contributed by atoms with Gasteiger partial charge < -0.3 is 18.8 Å². The van der Waals surface area contributed by atoms with Crippen LogP contribution in [0.2, 0.25) is 0 Å². The second-order valence-electron chi connectivity index (χ2n) is 6.77. The lowest BCUT2D eigenvalue weighted by atomic mass is 10.1. The number of aryl methyl sites for hydroxylation is 2. The topological polar surface area (TPSA) is 77.7 Å². The number of rotatable bonds is 8. The summed E-state index contributed by atoms with van der Waals surface area (Å²) in [6.07, 6.45) is 0.662. The number of para-hydroxylation sites is 1. The van der Waals surface area contributed by atoms with E-state index in [4.69, 9.17) is 13.9 Å². The Bertz CT molecular complexity index is 966. The second kappa shape index (κ2) is 9.23. The molecule has 2 aromatic carbocycles. The molecule has 1 amide bonds. The highest BCUT2D eigenvalue weighted by Crippen LogP contribution is 2.31. The largest absolute Gasteiger partial charge is 0.493 e. The molecule has 0 saturated heterocycles. The first-order valence-corrected chi connectivity index (χ1v) is 9.35. The molecular weight excluding hydrogens is 370 g/mol. The lowest BCUT2D eigenvalue weighted by Crippen LogP contribution is -2.26. The number of nitrogens with zero attached hydrogens (tertiary/aromatic N) is 3. The first-order chi connectivity index (χ1) is 14.0. The van der Waals surface area contributed by atoms with E-state index in [1.54, 1.807) is 26.2 Å². The molecule has 29 heavy (non-hydrogen) atoms. The summed E-state index contributed by atoms with van der Waals surface area (Å²) in [5.41, 5.74) is 2.90. The van der Waals surface area contributed by atoms with E-state index in [2.05, 4.69) is 10.2 Å². The maximum atomic E-state index is 12.6. The summed E-state index contributed by atoms with van der Waals surface area (Å²) in [4.78, 5) is 14.2. The molecule has 0 bridgehead atoms. The molecule has 3 aromatic rings. The molecule has 1 aromatic heterocycles. The smallest absolute Gasteiger partial charge is 0.247 e. The number of hydrogen-bond acceptors (Lipinski definition) is 6. The van der Waals surface area contributed by atoms with Crippen LogP contribution in [0.5, 0.6) is 11.5 Å². The third-order valence-corrected chi connectivity index (χ3v) is 4.64. The van der Waals surface area contributed by atoms with Gasteiger partial charge in [0, 0.05) is 37.6 Å². The Kier molecular flexibility index (Phi) is 6.49. The predicted octanol–water partition coefficient (Wildman–Crippen LogP) is 3.65. The van der Waals surface area contributed by atoms with Gasteiger partial charge in [-0.05, 0) is 25.1 Å². The van der Waals surface area contributed by atoms with Crippen molar-refractivity contribution in [3.8, 4) is 23.0 Å². The first kappa shape index (κ1) is 20.4. The van der Waals surface area contributed by atoms with Crippen LogP contribution < -0.4 is 9.47 Å². The van der Waals surface area contributed by atoms with E-state index in [-0.39, 0.29) is 12.3 Å². The van der Waals surface area contributed by atoms with Crippen molar-refractivity contribution in [3.05, 3.63) is 59.5 Å². The molecule has 3 rings (SSSR count). The standard InChI is InChI=1S/C22H25N3O4/c1-15-8-10-16(11-9-15)22-24-23-19(29-22)12-13-20(26)25(2)14-17-6-5-7-18(27-3)21(17)28-4/h5-11H,12-14H2,1-4H3. The summed E-state index contributed by atoms with van der Waals surface area (Å²) in [5, 5.41) is 8.13. The fraction of sp³-hybridized carbons (Fsp3) is 0.318. The van der Waals surface area contributed by atoms with Crippen molar-refractivity contribution in [2.75, 3.05) is 21.3 Å². The van der Waals surface area contributed by atoms with E-state index >= 15 is 0 Å². The van der Waals surface area contributed by atoms with E-state index in [0.29, 0.717) is 36.2 Å². The van der Waals surface area contributed by atoms with Gasteiger partial charge in [-0.25, -0.2) is 0 Å². The maximum Gasteiger partial charge on any atom is 0.247 e. The Morgan fingerprint density at radius 3 is 2.52 bits per heavy atom. The van der Waals surface area contributed by atoms with Crippen LogP contribution in [0.4, 0.5) is 0 Å². The monoisotopic (exact) mass is 395 g/mol. The van der Waals surface area contributed by atoms with Crippen LogP contribution in [-0.2, 0) is 17.8 Å². The molecule has 0 radical (unpaired) electrons. The quantitative estimate of drug-likeness (QED) is 0.579. The normalized spacial score (nSPS) is 10.6. The summed E-state index contributed by atoms with van der Waals surface area (Å²) in [6.45, 7) is 2.43. The van der Waals surface area contributed by atoms with Crippen LogP contribution in [0.15, 0.2) is 46.9 Å². The molecule has 0 aliphatic rings. The summed E-state index contributed by atoms with van der Waals surface area (Å²) in [7, 11) is 4.93. The average Bonchev–Trinajstić information content (AvgIpc) is 3.21. The van der Waals surface area contributed by atoms with Crippen molar-refractivity contribution in [1.29, 1.82) is 0 Å². The Labute approximate surface area is 170 Å². The molecule has 0 atom stereocenters. The highest BCUT2D eigenvalue weighted by molar-refractivity contribution is 5.76. The SMILES string of the molecule is COc1cccc(CN(C)C(=O)CCc2nnc(-c3ccc(C)cc3)o2)c1OC. The number of amides is 1. The van der Waals surface area contributed by atoms with Crippen molar-refractivity contribution in [3.63, 3.8) is 0 Å². The van der Waals surface area contributed by atoms with Gasteiger partial charge in [0.2, 0.25) is 17.7 Å². The number of benzene rings is 2. The van der Waals surface area contributed by atoms with Crippen LogP contribution in [0.25, 0.3) is 11.5 Å². The number of methoxy groups -OCH3 is 2. The second-order valence-corrected chi connectivity index (χ2v) is 6.77. The van der Waals surface area contributed by atoms with Gasteiger partial charge in [0.1, 0.15) is 0 Å². The van der Waals surface area contributed by atoms with Crippen molar-refractivity contribution in [2.24, 2.45) is 0 Å². The van der Waals surface area contributed by atoms with Gasteiger partial charge in [0.25, 0.3) is 0 Å². The number of hydrogen-bond donors (Lipinski definition) is 0. The van der Waals surface area contributed by atoms with E-state index in [1.165, 1.54) is 0 Å². The minimum Gasteiger partial charge on any atom is -0.493 e. The zero-order valence-corrected chi connectivity index (χ0v) is 17.1. The molecule has 0 aliphatic heterocycles. The van der Waals surface area contributed by atoms with Crippen molar-refractivity contribution >= 4 is 5.91 Å². The highest BCUT2D eigenvalue weighted by Gasteiger charge is 2.16. The highest BCUT2D eigenvalue weighted by atomic mass is 16.5. The molecule has 0 saturated carbocycles. The summed E-state index contributed by atoms with van der Waals surface area (Å²) in [6, 6.07) is 13.5. The van der Waals surface area contributed by atoms with Crippen LogP contribution in [0.3, 0.4) is 0 Å². The lowest BCUT2D eigenvalue weighted by Gasteiger charge is -2.19. The predicted molar refractivity (Wildman–Crippen MR) is 109 cm³/mol. The first-order valence-electron chi connectivity index (χ1n) is 9.35. The molecule has 1 heterocycles. The van der Waals surface area contributed by atoms with Gasteiger partial charge in [0.15, 0.2) is 11.5 Å². The van der Waals surface area contributed by atoms with Crippen LogP contribution in [-0.4, -0.2) is 42.3 Å². The molecular formula is C22H25N3O4. The van der Waals surface area contributed by atoms with Crippen molar-refractivity contribution < 1.29 is 18.7 Å². The van der Waals surface area contributed by atoms with E-state index < -0.39 is 0 Å². The fourth-order valence-electron chi connectivity index (χ4n) is 2.99. The third kappa shape index (κ3) is 4.93. The average molecular weight is 395 g/mol. The number of aromatic nitrogens is 2. The zero-order valence-electron chi connectivity index (χ0n) is 17.1. The third-order valence-electron chi connectivity index (χ3n) is 4.64. The maximum absolute atomic E-state index is 12.6. The molecule has 7 nitrogen and oxygen atoms in total. The molecule has 0 fully saturated rings. The Hall–Kier alpha value is -3.35. The molecule has 0 spiro atoms. The van der Waals surface area contributed by atoms with Crippen LogP contribution >= 0.6 is 0 Å². The fourth-order valence-corrected chi connectivity index (χ4v) is 2.99. The summed E-state index contributed by atoms with van der Waals surface area (Å²) >= 11 is 0. The Balaban J connectivity index is 1.59. The van der Waals surface area contributed by atoms with Gasteiger partial charge >= 0.3 is 0 Å². The number of ether oxygens (including phenoxy) is 2. The molecule has 7 heteroatoms. The van der Waals surface area contributed by atoms with Gasteiger partial charge in [0.05, 0.1) is 14.2 Å². The summed E-state index contributed by atoms with van der Waals surface area (Å²) in [5.74, 6) is 2.16. The van der Waals surface area contributed by atoms with Crippen molar-refractivity contribution in [2.45, 2.75) is 26.3 Å². The van der Waals surface area contributed by atoms with Crippen LogP contribution in [0.1, 0.15) is 23.4 Å². The summed E-state index contributed by atoms with van der Waals surface area (Å²) < 4.78 is 16.4. The molecule has 0 unspecified atom stereocenters. The van der Waals surface area contributed by atoms with E-state index in [9.17, 15) is 4.79 Å². The Morgan fingerprint density at radius 2 is 1.83 bits per heavy atom. The number of carbonyl (C=O) groups excluding carboxylic acids is 1.